The minimum absolute atomic E-state index is 0.0131. The van der Waals surface area contributed by atoms with Crippen molar-refractivity contribution in [2.24, 2.45) is 12.2 Å². The van der Waals surface area contributed by atoms with Crippen LogP contribution in [0.5, 0.6) is 0 Å². The number of hydrogen-bond acceptors (Lipinski definition) is 6. The Morgan fingerprint density at radius 3 is 2.58 bits per heavy atom. The predicted molar refractivity (Wildman–Crippen MR) is 86.0 cm³/mol. The molecule has 10 heteroatoms. The van der Waals surface area contributed by atoms with Gasteiger partial charge in [0.05, 0.1) is 5.56 Å². The number of nitrogens with zero attached hydrogens (tertiary/aromatic N) is 5. The fourth-order valence-corrected chi connectivity index (χ4v) is 1.96. The molecular weight excluding hydrogens is 346 g/mol. The first-order valence-corrected chi connectivity index (χ1v) is 7.16. The second-order valence-corrected chi connectivity index (χ2v) is 4.99. The van der Waals surface area contributed by atoms with Crippen LogP contribution in [-0.4, -0.2) is 21.4 Å². The van der Waals surface area contributed by atoms with E-state index in [1.54, 1.807) is 36.4 Å². The number of rotatable bonds is 6. The van der Waals surface area contributed by atoms with Crippen LogP contribution >= 0.6 is 0 Å². The van der Waals surface area contributed by atoms with Crippen molar-refractivity contribution in [3.05, 3.63) is 47.3 Å². The molecule has 0 aliphatic heterocycles. The van der Waals surface area contributed by atoms with Gasteiger partial charge in [-0.3, -0.25) is 9.48 Å². The zero-order chi connectivity index (χ0) is 19.1. The van der Waals surface area contributed by atoms with Gasteiger partial charge < -0.3 is 10.2 Å². The van der Waals surface area contributed by atoms with Gasteiger partial charge in [-0.05, 0) is 17.7 Å². The predicted octanol–water partition coefficient (Wildman–Crippen LogP) is 2.53. The van der Waals surface area contributed by atoms with E-state index in [0.29, 0.717) is 11.3 Å². The van der Waals surface area contributed by atoms with Crippen LogP contribution in [-0.2, 0) is 18.5 Å². The molecule has 26 heavy (non-hydrogen) atoms. The van der Waals surface area contributed by atoms with Crippen molar-refractivity contribution in [3.63, 3.8) is 0 Å². The van der Waals surface area contributed by atoms with Crippen LogP contribution in [0.2, 0.25) is 0 Å². The maximum atomic E-state index is 12.9. The van der Waals surface area contributed by atoms with Gasteiger partial charge in [0, 0.05) is 18.9 Å². The number of carbonyl (C=O) groups is 1. The highest BCUT2D eigenvalue weighted by Crippen LogP contribution is 2.22. The molecule has 0 bridgehead atoms. The van der Waals surface area contributed by atoms with Gasteiger partial charge in [-0.1, -0.05) is 17.3 Å². The lowest BCUT2D eigenvalue weighted by atomic mass is 10.2. The lowest BCUT2D eigenvalue weighted by Crippen LogP contribution is -2.13. The molecule has 0 aliphatic rings. The normalized spacial score (nSPS) is 9.92. The number of halogens is 2. The van der Waals surface area contributed by atoms with E-state index in [4.69, 9.17) is 15.4 Å². The van der Waals surface area contributed by atoms with Gasteiger partial charge in [0.1, 0.15) is 24.4 Å². The van der Waals surface area contributed by atoms with Crippen LogP contribution in [0.4, 0.5) is 14.5 Å². The number of nitriles is 2. The van der Waals surface area contributed by atoms with Crippen molar-refractivity contribution < 1.29 is 18.4 Å². The largest absolute Gasteiger partial charge is 0.389 e. The third-order valence-electron chi connectivity index (χ3n) is 3.12. The summed E-state index contributed by atoms with van der Waals surface area (Å²) in [5.74, 6) is -0.699. The number of oxime groups is 1. The summed E-state index contributed by atoms with van der Waals surface area (Å²) in [6, 6.07) is 9.43. The molecule has 1 N–H and O–H groups in total. The molecule has 0 saturated heterocycles. The van der Waals surface area contributed by atoms with Gasteiger partial charge in [0.15, 0.2) is 0 Å². The summed E-state index contributed by atoms with van der Waals surface area (Å²) < 4.78 is 26.9. The lowest BCUT2D eigenvalue weighted by molar-refractivity contribution is 0.101. The summed E-state index contributed by atoms with van der Waals surface area (Å²) in [5, 5.41) is 26.5. The highest BCUT2D eigenvalue weighted by Gasteiger charge is 2.22. The molecule has 8 nitrogen and oxygen atoms in total. The maximum Gasteiger partial charge on any atom is 0.282 e. The van der Waals surface area contributed by atoms with Crippen LogP contribution in [0.15, 0.2) is 35.6 Å². The molecule has 0 saturated carbocycles. The van der Waals surface area contributed by atoms with E-state index in [9.17, 15) is 13.6 Å². The van der Waals surface area contributed by atoms with E-state index in [0.717, 1.165) is 4.68 Å². The van der Waals surface area contributed by atoms with Gasteiger partial charge in [-0.2, -0.15) is 15.6 Å². The fourth-order valence-electron chi connectivity index (χ4n) is 1.96. The summed E-state index contributed by atoms with van der Waals surface area (Å²) in [6.07, 6.45) is -1.64. The third-order valence-corrected chi connectivity index (χ3v) is 3.12. The number of aryl methyl sites for hydroxylation is 1. The Labute approximate surface area is 146 Å². The lowest BCUT2D eigenvalue weighted by Gasteiger charge is -2.06. The minimum atomic E-state index is -2.86. The Morgan fingerprint density at radius 1 is 1.35 bits per heavy atom. The monoisotopic (exact) mass is 358 g/mol. The van der Waals surface area contributed by atoms with Crippen molar-refractivity contribution in [2.45, 2.75) is 13.0 Å². The standard InChI is InChI=1S/C16H12F2N6O2/c1-24-8-13(14(22-24)15(17)18)16(25)21-11-4-2-10(3-5-11)9-26-23-12(6-19)7-20/h2-5,8,15H,9H2,1H3,(H,21,25). The first-order valence-electron chi connectivity index (χ1n) is 7.16. The first-order chi connectivity index (χ1) is 12.4. The maximum absolute atomic E-state index is 12.9. The molecule has 132 valence electrons. The molecular formula is C16H12F2N6O2. The Kier molecular flexibility index (Phi) is 5.96. The molecule has 0 aliphatic carbocycles. The smallest absolute Gasteiger partial charge is 0.282 e. The second-order valence-electron chi connectivity index (χ2n) is 4.99. The minimum Gasteiger partial charge on any atom is -0.389 e. The molecule has 0 unspecified atom stereocenters. The average Bonchev–Trinajstić information content (AvgIpc) is 3.02. The molecule has 2 rings (SSSR count). The van der Waals surface area contributed by atoms with E-state index >= 15 is 0 Å². The molecule has 0 fully saturated rings. The SMILES string of the molecule is Cn1cc(C(=O)Nc2ccc(CON=C(C#N)C#N)cc2)c(C(F)F)n1. The molecule has 0 radical (unpaired) electrons. The second kappa shape index (κ2) is 8.35. The molecule has 1 aromatic carbocycles. The number of alkyl halides is 2. The van der Waals surface area contributed by atoms with E-state index < -0.39 is 23.7 Å². The first kappa shape index (κ1) is 18.5. The number of nitrogens with one attached hydrogen (secondary N) is 1. The van der Waals surface area contributed by atoms with Crippen LogP contribution in [0, 0.1) is 22.7 Å². The Bertz CT molecular complexity index is 890. The van der Waals surface area contributed by atoms with E-state index in [1.807, 2.05) is 0 Å². The Morgan fingerprint density at radius 2 is 2.00 bits per heavy atom. The van der Waals surface area contributed by atoms with Gasteiger partial charge in [-0.25, -0.2) is 8.78 Å². The molecule has 1 heterocycles. The van der Waals surface area contributed by atoms with Gasteiger partial charge in [-0.15, -0.1) is 0 Å². The Hall–Kier alpha value is -3.79. The van der Waals surface area contributed by atoms with E-state index in [2.05, 4.69) is 15.6 Å². The van der Waals surface area contributed by atoms with Crippen molar-refractivity contribution >= 4 is 17.3 Å². The summed E-state index contributed by atoms with van der Waals surface area (Å²) in [4.78, 5) is 17.0. The summed E-state index contributed by atoms with van der Waals surface area (Å²) >= 11 is 0. The highest BCUT2D eigenvalue weighted by molar-refractivity contribution is 6.09. The number of anilines is 1. The molecule has 2 aromatic rings. The summed E-state index contributed by atoms with van der Waals surface area (Å²) in [5.41, 5.74) is -0.138. The van der Waals surface area contributed by atoms with Crippen LogP contribution < -0.4 is 5.32 Å². The summed E-state index contributed by atoms with van der Waals surface area (Å²) in [6.45, 7) is 0.0131. The van der Waals surface area contributed by atoms with Gasteiger partial charge >= 0.3 is 0 Å². The zero-order valence-corrected chi connectivity index (χ0v) is 13.5. The fraction of sp³-hybridized carbons (Fsp3) is 0.188. The van der Waals surface area contributed by atoms with Crippen molar-refractivity contribution in [3.8, 4) is 12.1 Å². The third kappa shape index (κ3) is 4.61. The number of carbonyl (C=O) groups excluding carboxylic acids is 1. The average molecular weight is 358 g/mol. The molecule has 0 spiro atoms. The van der Waals surface area contributed by atoms with E-state index in [1.165, 1.54) is 13.2 Å². The number of hydrogen-bond donors (Lipinski definition) is 1. The topological polar surface area (TPSA) is 116 Å². The zero-order valence-electron chi connectivity index (χ0n) is 13.5. The van der Waals surface area contributed by atoms with Crippen molar-refractivity contribution in [1.82, 2.24) is 9.78 Å². The van der Waals surface area contributed by atoms with Gasteiger partial charge in [0.2, 0.25) is 0 Å². The Balaban J connectivity index is 2.01. The van der Waals surface area contributed by atoms with Crippen LogP contribution in [0.25, 0.3) is 0 Å². The molecule has 0 atom stereocenters. The van der Waals surface area contributed by atoms with Crippen LogP contribution in [0.1, 0.15) is 28.0 Å². The number of aromatic nitrogens is 2. The summed E-state index contributed by atoms with van der Waals surface area (Å²) in [7, 11) is 1.45. The van der Waals surface area contributed by atoms with Gasteiger partial charge in [0.25, 0.3) is 18.0 Å². The molecule has 1 aromatic heterocycles. The van der Waals surface area contributed by atoms with E-state index in [-0.39, 0.29) is 12.2 Å². The highest BCUT2D eigenvalue weighted by atomic mass is 19.3. The van der Waals surface area contributed by atoms with Crippen molar-refractivity contribution in [2.75, 3.05) is 5.32 Å². The van der Waals surface area contributed by atoms with Crippen molar-refractivity contribution in [1.29, 1.82) is 10.5 Å². The number of benzene rings is 1. The quantitative estimate of drug-likeness (QED) is 0.629. The number of amides is 1. The molecule has 1 amide bonds. The van der Waals surface area contributed by atoms with Crippen LogP contribution in [0.3, 0.4) is 0 Å².